The Kier molecular flexibility index (Phi) is 10.6. The maximum absolute atomic E-state index is 6.82. The highest BCUT2D eigenvalue weighted by atomic mass is 16.6. The van der Waals surface area contributed by atoms with Crippen molar-refractivity contribution in [2.24, 2.45) is 0 Å². The standard InChI is InChI=1S/C37H38N2O5/c1-5-13-29(14-6-1)23-40-27-33-34(41-24-30-15-7-2-8-16-30)35(42-25-31-17-9-3-10-18-31)36(37(44-33)39-22-21-38-28-39)43-26-32-19-11-4-12-20-32/h1-22,28,33-37H,23-27H2/t33-,34-,35+,36-,37-/m1/s1. The number of rotatable bonds is 14. The van der Waals surface area contributed by atoms with E-state index in [0.29, 0.717) is 33.0 Å². The van der Waals surface area contributed by atoms with Crippen molar-refractivity contribution in [3.8, 4) is 0 Å². The Balaban J connectivity index is 1.31. The first-order valence-electron chi connectivity index (χ1n) is 15.0. The van der Waals surface area contributed by atoms with E-state index in [1.54, 1.807) is 12.5 Å². The summed E-state index contributed by atoms with van der Waals surface area (Å²) >= 11 is 0. The highest BCUT2D eigenvalue weighted by Crippen LogP contribution is 2.36. The van der Waals surface area contributed by atoms with Crippen LogP contribution in [0.4, 0.5) is 0 Å². The molecule has 2 heterocycles. The van der Waals surface area contributed by atoms with E-state index in [1.165, 1.54) is 0 Å². The van der Waals surface area contributed by atoms with Gasteiger partial charge in [0.05, 0.1) is 39.4 Å². The summed E-state index contributed by atoms with van der Waals surface area (Å²) in [5.41, 5.74) is 4.29. The van der Waals surface area contributed by atoms with Gasteiger partial charge in [0.1, 0.15) is 24.4 Å². The normalized spacial score (nSPS) is 21.7. The first kappa shape index (κ1) is 29.9. The molecule has 7 heteroatoms. The molecule has 5 atom stereocenters. The van der Waals surface area contributed by atoms with Crippen LogP contribution in [-0.2, 0) is 50.1 Å². The molecule has 7 nitrogen and oxygen atoms in total. The predicted molar refractivity (Wildman–Crippen MR) is 167 cm³/mol. The van der Waals surface area contributed by atoms with E-state index in [1.807, 2.05) is 83.6 Å². The Labute approximate surface area is 259 Å². The topological polar surface area (TPSA) is 64.0 Å². The zero-order valence-corrected chi connectivity index (χ0v) is 24.6. The van der Waals surface area contributed by atoms with Crippen LogP contribution in [0.2, 0.25) is 0 Å². The van der Waals surface area contributed by atoms with Crippen LogP contribution in [0.3, 0.4) is 0 Å². The van der Waals surface area contributed by atoms with Gasteiger partial charge in [0.25, 0.3) is 0 Å². The molecule has 44 heavy (non-hydrogen) atoms. The molecule has 0 unspecified atom stereocenters. The first-order chi connectivity index (χ1) is 21.8. The second kappa shape index (κ2) is 15.6. The minimum Gasteiger partial charge on any atom is -0.374 e. The third kappa shape index (κ3) is 8.08. The summed E-state index contributed by atoms with van der Waals surface area (Å²) in [6, 6.07) is 40.6. The Bertz CT molecular complexity index is 1490. The Morgan fingerprint density at radius 3 is 1.48 bits per heavy atom. The van der Waals surface area contributed by atoms with Crippen molar-refractivity contribution in [1.82, 2.24) is 9.55 Å². The molecule has 1 aromatic heterocycles. The molecule has 1 saturated heterocycles. The van der Waals surface area contributed by atoms with Crippen molar-refractivity contribution in [1.29, 1.82) is 0 Å². The number of hydrogen-bond donors (Lipinski definition) is 0. The van der Waals surface area contributed by atoms with Crippen LogP contribution < -0.4 is 0 Å². The van der Waals surface area contributed by atoms with Gasteiger partial charge < -0.3 is 28.3 Å². The molecule has 1 aliphatic rings. The number of nitrogens with zero attached hydrogens (tertiary/aromatic N) is 2. The third-order valence-corrected chi connectivity index (χ3v) is 7.68. The zero-order valence-electron chi connectivity index (χ0n) is 24.6. The molecule has 0 N–H and O–H groups in total. The van der Waals surface area contributed by atoms with Crippen molar-refractivity contribution in [3.63, 3.8) is 0 Å². The van der Waals surface area contributed by atoms with Gasteiger partial charge in [-0.1, -0.05) is 121 Å². The summed E-state index contributed by atoms with van der Waals surface area (Å²) in [6.07, 6.45) is 2.99. The molecule has 0 spiro atoms. The quantitative estimate of drug-likeness (QED) is 0.143. The van der Waals surface area contributed by atoms with E-state index in [9.17, 15) is 0 Å². The van der Waals surface area contributed by atoms with Gasteiger partial charge >= 0.3 is 0 Å². The number of ether oxygens (including phenoxy) is 5. The van der Waals surface area contributed by atoms with Gasteiger partial charge in [-0.05, 0) is 22.3 Å². The maximum Gasteiger partial charge on any atom is 0.164 e. The lowest BCUT2D eigenvalue weighted by Crippen LogP contribution is -2.59. The van der Waals surface area contributed by atoms with Gasteiger partial charge in [-0.15, -0.1) is 0 Å². The molecule has 0 saturated carbocycles. The molecule has 4 aromatic carbocycles. The van der Waals surface area contributed by atoms with Crippen LogP contribution in [-0.4, -0.2) is 40.6 Å². The molecule has 0 radical (unpaired) electrons. The van der Waals surface area contributed by atoms with Gasteiger partial charge in [0.15, 0.2) is 6.23 Å². The predicted octanol–water partition coefficient (Wildman–Crippen LogP) is 6.75. The molecular formula is C37H38N2O5. The molecule has 226 valence electrons. The summed E-state index contributed by atoms with van der Waals surface area (Å²) in [7, 11) is 0. The lowest BCUT2D eigenvalue weighted by atomic mass is 9.96. The lowest BCUT2D eigenvalue weighted by molar-refractivity contribution is -0.290. The van der Waals surface area contributed by atoms with Crippen LogP contribution in [0.15, 0.2) is 140 Å². The van der Waals surface area contributed by atoms with E-state index in [2.05, 4.69) is 53.5 Å². The van der Waals surface area contributed by atoms with Crippen molar-refractivity contribution >= 4 is 0 Å². The Morgan fingerprint density at radius 1 is 0.545 bits per heavy atom. The summed E-state index contributed by atoms with van der Waals surface area (Å²) in [5, 5.41) is 0. The van der Waals surface area contributed by atoms with Gasteiger partial charge in [0.2, 0.25) is 0 Å². The number of hydrogen-bond acceptors (Lipinski definition) is 6. The van der Waals surface area contributed by atoms with Crippen LogP contribution in [0, 0.1) is 0 Å². The summed E-state index contributed by atoms with van der Waals surface area (Å²) in [6.45, 7) is 1.97. The van der Waals surface area contributed by atoms with Crippen molar-refractivity contribution in [2.45, 2.75) is 57.1 Å². The average molecular weight is 591 g/mol. The molecule has 5 aromatic rings. The fourth-order valence-corrected chi connectivity index (χ4v) is 5.42. The van der Waals surface area contributed by atoms with E-state index < -0.39 is 30.6 Å². The van der Waals surface area contributed by atoms with Gasteiger partial charge in [0, 0.05) is 12.4 Å². The largest absolute Gasteiger partial charge is 0.374 e. The monoisotopic (exact) mass is 590 g/mol. The molecule has 6 rings (SSSR count). The minimum absolute atomic E-state index is 0.316. The van der Waals surface area contributed by atoms with E-state index in [0.717, 1.165) is 22.3 Å². The minimum atomic E-state index is -0.510. The van der Waals surface area contributed by atoms with Gasteiger partial charge in [-0.3, -0.25) is 0 Å². The fraction of sp³-hybridized carbons (Fsp3) is 0.270. The smallest absolute Gasteiger partial charge is 0.164 e. The van der Waals surface area contributed by atoms with Crippen molar-refractivity contribution in [3.05, 3.63) is 162 Å². The van der Waals surface area contributed by atoms with E-state index in [-0.39, 0.29) is 0 Å². The van der Waals surface area contributed by atoms with Crippen molar-refractivity contribution in [2.75, 3.05) is 6.61 Å². The summed E-state index contributed by atoms with van der Waals surface area (Å²) in [4.78, 5) is 4.31. The SMILES string of the molecule is c1ccc(COC[C@H]2O[C@@H](n3ccnc3)[C@H](OCc3ccccc3)[C@@H](OCc3ccccc3)[C@@H]2OCc2ccccc2)cc1. The summed E-state index contributed by atoms with van der Waals surface area (Å²) < 4.78 is 35.2. The molecule has 0 aliphatic carbocycles. The molecule has 1 fully saturated rings. The third-order valence-electron chi connectivity index (χ3n) is 7.68. The second-order valence-corrected chi connectivity index (χ2v) is 10.9. The summed E-state index contributed by atoms with van der Waals surface area (Å²) in [5.74, 6) is 0. The Morgan fingerprint density at radius 2 is 1.00 bits per heavy atom. The zero-order chi connectivity index (χ0) is 29.8. The maximum atomic E-state index is 6.82. The second-order valence-electron chi connectivity index (χ2n) is 10.9. The highest BCUT2D eigenvalue weighted by Gasteiger charge is 2.49. The van der Waals surface area contributed by atoms with E-state index >= 15 is 0 Å². The molecule has 1 aliphatic heterocycles. The molecular weight excluding hydrogens is 552 g/mol. The number of benzene rings is 4. The van der Waals surface area contributed by atoms with Crippen LogP contribution in [0.25, 0.3) is 0 Å². The molecule has 0 amide bonds. The van der Waals surface area contributed by atoms with Crippen LogP contribution >= 0.6 is 0 Å². The van der Waals surface area contributed by atoms with Crippen molar-refractivity contribution < 1.29 is 23.7 Å². The number of imidazole rings is 1. The fourth-order valence-electron chi connectivity index (χ4n) is 5.42. The number of aromatic nitrogens is 2. The lowest BCUT2D eigenvalue weighted by Gasteiger charge is -2.46. The average Bonchev–Trinajstić information content (AvgIpc) is 3.63. The van der Waals surface area contributed by atoms with Crippen LogP contribution in [0.5, 0.6) is 0 Å². The van der Waals surface area contributed by atoms with E-state index in [4.69, 9.17) is 23.7 Å². The van der Waals surface area contributed by atoms with Gasteiger partial charge in [-0.25, -0.2) is 4.98 Å². The molecule has 0 bridgehead atoms. The Hall–Kier alpha value is -4.11. The first-order valence-corrected chi connectivity index (χ1v) is 15.0. The van der Waals surface area contributed by atoms with Gasteiger partial charge in [-0.2, -0.15) is 0 Å². The van der Waals surface area contributed by atoms with Crippen LogP contribution in [0.1, 0.15) is 28.5 Å². The highest BCUT2D eigenvalue weighted by molar-refractivity contribution is 5.16.